The average molecular weight is 247 g/mol. The monoisotopic (exact) mass is 247 g/mol. The van der Waals surface area contributed by atoms with Gasteiger partial charge in [0, 0.05) is 11.5 Å². The normalized spacial score (nSPS) is 17.6. The van der Waals surface area contributed by atoms with Crippen molar-refractivity contribution >= 4 is 11.8 Å². The van der Waals surface area contributed by atoms with Gasteiger partial charge in [-0.1, -0.05) is 30.3 Å². The zero-order valence-corrected chi connectivity index (χ0v) is 10.2. The van der Waals surface area contributed by atoms with E-state index in [0.717, 1.165) is 18.4 Å². The highest BCUT2D eigenvalue weighted by Gasteiger charge is 2.26. The number of carbonyl (C=O) groups is 2. The Balaban J connectivity index is 1.90. The number of likely N-dealkylation sites (tertiary alicyclic amines) is 1. The number of rotatable bonds is 4. The molecule has 4 nitrogen and oxygen atoms in total. The Morgan fingerprint density at radius 3 is 2.33 bits per heavy atom. The topological polar surface area (TPSA) is 57.6 Å². The summed E-state index contributed by atoms with van der Waals surface area (Å²) < 4.78 is 0. The zero-order valence-electron chi connectivity index (χ0n) is 10.2. The van der Waals surface area contributed by atoms with Crippen molar-refractivity contribution in [1.82, 2.24) is 4.90 Å². The molecule has 1 fully saturated rings. The van der Waals surface area contributed by atoms with Crippen LogP contribution < -0.4 is 0 Å². The minimum Gasteiger partial charge on any atom is -0.480 e. The molecule has 96 valence electrons. The van der Waals surface area contributed by atoms with Crippen LogP contribution in [0.4, 0.5) is 0 Å². The van der Waals surface area contributed by atoms with Gasteiger partial charge in [-0.3, -0.25) is 14.5 Å². The molecule has 1 saturated heterocycles. The first-order valence-corrected chi connectivity index (χ1v) is 6.20. The predicted molar refractivity (Wildman–Crippen MR) is 67.6 cm³/mol. The summed E-state index contributed by atoms with van der Waals surface area (Å²) in [6, 6.07) is 9.31. The highest BCUT2D eigenvalue weighted by atomic mass is 16.4. The fourth-order valence-electron chi connectivity index (χ4n) is 2.38. The maximum absolute atomic E-state index is 12.2. The van der Waals surface area contributed by atoms with Crippen LogP contribution in [0, 0.1) is 5.92 Å². The highest BCUT2D eigenvalue weighted by molar-refractivity contribution is 5.97. The first-order chi connectivity index (χ1) is 8.66. The van der Waals surface area contributed by atoms with E-state index in [9.17, 15) is 9.59 Å². The number of piperidine rings is 1. The third kappa shape index (κ3) is 3.17. The number of carbonyl (C=O) groups excluding carboxylic acids is 1. The SMILES string of the molecule is O=C(O)CN1CCC(C(=O)c2ccccc2)CC1. The number of Topliss-reactive ketones (excluding diaryl/α,β-unsaturated/α-hetero) is 1. The second kappa shape index (κ2) is 5.78. The van der Waals surface area contributed by atoms with E-state index in [1.54, 1.807) is 0 Å². The van der Waals surface area contributed by atoms with E-state index in [1.807, 2.05) is 35.2 Å². The van der Waals surface area contributed by atoms with E-state index in [2.05, 4.69) is 0 Å². The van der Waals surface area contributed by atoms with Crippen LogP contribution in [0.5, 0.6) is 0 Å². The minimum absolute atomic E-state index is 0.0393. The summed E-state index contributed by atoms with van der Waals surface area (Å²) in [4.78, 5) is 24.7. The fourth-order valence-corrected chi connectivity index (χ4v) is 2.38. The Kier molecular flexibility index (Phi) is 4.10. The molecule has 1 aromatic rings. The van der Waals surface area contributed by atoms with E-state index < -0.39 is 5.97 Å². The second-order valence-electron chi connectivity index (χ2n) is 4.67. The molecule has 2 rings (SSSR count). The highest BCUT2D eigenvalue weighted by Crippen LogP contribution is 2.21. The largest absolute Gasteiger partial charge is 0.480 e. The summed E-state index contributed by atoms with van der Waals surface area (Å²) in [6.45, 7) is 1.46. The van der Waals surface area contributed by atoms with E-state index in [0.29, 0.717) is 13.1 Å². The van der Waals surface area contributed by atoms with Gasteiger partial charge in [-0.05, 0) is 25.9 Å². The summed E-state index contributed by atoms with van der Waals surface area (Å²) in [7, 11) is 0. The molecule has 0 bridgehead atoms. The van der Waals surface area contributed by atoms with Crippen molar-refractivity contribution in [1.29, 1.82) is 0 Å². The first-order valence-electron chi connectivity index (χ1n) is 6.20. The standard InChI is InChI=1S/C14H17NO3/c16-13(17)10-15-8-6-12(7-9-15)14(18)11-4-2-1-3-5-11/h1-5,12H,6-10H2,(H,16,17). The van der Waals surface area contributed by atoms with Gasteiger partial charge in [0.05, 0.1) is 6.54 Å². The number of aliphatic carboxylic acids is 1. The number of hydrogen-bond acceptors (Lipinski definition) is 3. The second-order valence-corrected chi connectivity index (χ2v) is 4.67. The average Bonchev–Trinajstić information content (AvgIpc) is 2.39. The first kappa shape index (κ1) is 12.8. The van der Waals surface area contributed by atoms with Crippen LogP contribution in [0.25, 0.3) is 0 Å². The fraction of sp³-hybridized carbons (Fsp3) is 0.429. The van der Waals surface area contributed by atoms with Crippen molar-refractivity contribution in [2.75, 3.05) is 19.6 Å². The molecule has 1 aromatic carbocycles. The van der Waals surface area contributed by atoms with Gasteiger partial charge in [0.15, 0.2) is 5.78 Å². The molecule has 1 aliphatic rings. The third-order valence-corrected chi connectivity index (χ3v) is 3.38. The maximum atomic E-state index is 12.2. The van der Waals surface area contributed by atoms with Crippen LogP contribution >= 0.6 is 0 Å². The van der Waals surface area contributed by atoms with Gasteiger partial charge in [0.25, 0.3) is 0 Å². The molecule has 18 heavy (non-hydrogen) atoms. The summed E-state index contributed by atoms with van der Waals surface area (Å²) in [5.41, 5.74) is 0.759. The Hall–Kier alpha value is -1.68. The van der Waals surface area contributed by atoms with Crippen LogP contribution in [0.1, 0.15) is 23.2 Å². The van der Waals surface area contributed by atoms with E-state index in [-0.39, 0.29) is 18.2 Å². The summed E-state index contributed by atoms with van der Waals surface area (Å²) >= 11 is 0. The molecule has 1 heterocycles. The van der Waals surface area contributed by atoms with Gasteiger partial charge < -0.3 is 5.11 Å². The molecular weight excluding hydrogens is 230 g/mol. The minimum atomic E-state index is -0.803. The maximum Gasteiger partial charge on any atom is 0.317 e. The summed E-state index contributed by atoms with van der Waals surface area (Å²) in [5, 5.41) is 8.71. The Morgan fingerprint density at radius 2 is 1.78 bits per heavy atom. The van der Waals surface area contributed by atoms with E-state index >= 15 is 0 Å². The Morgan fingerprint density at radius 1 is 1.17 bits per heavy atom. The van der Waals surface area contributed by atoms with Gasteiger partial charge in [-0.15, -0.1) is 0 Å². The van der Waals surface area contributed by atoms with Crippen molar-refractivity contribution in [3.8, 4) is 0 Å². The van der Waals surface area contributed by atoms with Crippen molar-refractivity contribution in [3.05, 3.63) is 35.9 Å². The van der Waals surface area contributed by atoms with Crippen LogP contribution in [-0.4, -0.2) is 41.4 Å². The molecule has 0 aromatic heterocycles. The molecule has 0 unspecified atom stereocenters. The van der Waals surface area contributed by atoms with Gasteiger partial charge >= 0.3 is 5.97 Å². The molecule has 1 aliphatic heterocycles. The van der Waals surface area contributed by atoms with Crippen molar-refractivity contribution in [2.24, 2.45) is 5.92 Å². The lowest BCUT2D eigenvalue weighted by molar-refractivity contribution is -0.138. The third-order valence-electron chi connectivity index (χ3n) is 3.38. The number of carboxylic acid groups (broad SMARTS) is 1. The van der Waals surface area contributed by atoms with E-state index in [4.69, 9.17) is 5.11 Å². The van der Waals surface area contributed by atoms with Crippen molar-refractivity contribution in [2.45, 2.75) is 12.8 Å². The van der Waals surface area contributed by atoms with Gasteiger partial charge in [0.2, 0.25) is 0 Å². The molecule has 0 saturated carbocycles. The van der Waals surface area contributed by atoms with Crippen molar-refractivity contribution in [3.63, 3.8) is 0 Å². The molecule has 0 radical (unpaired) electrons. The lowest BCUT2D eigenvalue weighted by atomic mass is 9.89. The van der Waals surface area contributed by atoms with Gasteiger partial charge in [0.1, 0.15) is 0 Å². The van der Waals surface area contributed by atoms with Crippen LogP contribution in [-0.2, 0) is 4.79 Å². The Bertz CT molecular complexity index is 422. The molecule has 0 spiro atoms. The lowest BCUT2D eigenvalue weighted by Gasteiger charge is -2.29. The summed E-state index contributed by atoms with van der Waals surface area (Å²) in [6.07, 6.45) is 1.50. The number of hydrogen-bond donors (Lipinski definition) is 1. The van der Waals surface area contributed by atoms with Gasteiger partial charge in [-0.25, -0.2) is 0 Å². The van der Waals surface area contributed by atoms with Gasteiger partial charge in [-0.2, -0.15) is 0 Å². The molecule has 0 atom stereocenters. The summed E-state index contributed by atoms with van der Waals surface area (Å²) in [5.74, 6) is -0.578. The molecule has 0 amide bonds. The molecule has 4 heteroatoms. The van der Waals surface area contributed by atoms with Crippen LogP contribution in [0.15, 0.2) is 30.3 Å². The van der Waals surface area contributed by atoms with E-state index in [1.165, 1.54) is 0 Å². The van der Waals surface area contributed by atoms with Crippen molar-refractivity contribution < 1.29 is 14.7 Å². The van der Waals surface area contributed by atoms with Crippen LogP contribution in [0.2, 0.25) is 0 Å². The number of ketones is 1. The molecule has 0 aliphatic carbocycles. The number of benzene rings is 1. The smallest absolute Gasteiger partial charge is 0.317 e. The predicted octanol–water partition coefficient (Wildman–Crippen LogP) is 1.67. The number of carboxylic acids is 1. The molecule has 1 N–H and O–H groups in total. The zero-order chi connectivity index (χ0) is 13.0. The Labute approximate surface area is 106 Å². The quantitative estimate of drug-likeness (QED) is 0.822. The van der Waals surface area contributed by atoms with Crippen LogP contribution in [0.3, 0.4) is 0 Å². The molecular formula is C14H17NO3. The number of nitrogens with zero attached hydrogens (tertiary/aromatic N) is 1. The lowest BCUT2D eigenvalue weighted by Crippen LogP contribution is -2.39.